The van der Waals surface area contributed by atoms with Crippen LogP contribution in [0, 0.1) is 17.7 Å². The molecule has 2 fully saturated rings. The predicted octanol–water partition coefficient (Wildman–Crippen LogP) is 3.44. The summed E-state index contributed by atoms with van der Waals surface area (Å²) in [5.74, 6) is 6.00. The van der Waals surface area contributed by atoms with Crippen molar-refractivity contribution in [2.45, 2.75) is 18.0 Å². The van der Waals surface area contributed by atoms with Crippen LogP contribution in [0.2, 0.25) is 0 Å². The van der Waals surface area contributed by atoms with Gasteiger partial charge in [-0.25, -0.2) is 9.18 Å². The lowest BCUT2D eigenvalue weighted by atomic mass is 9.73. The van der Waals surface area contributed by atoms with Gasteiger partial charge in [-0.2, -0.15) is 0 Å². The standard InChI is InChI=1S/C29H26FN3O4/c1-37-26-5-3-2-4-23(26)31-29(36)32-16-24-28(25(18-34)33(24)27(35)17-32)21-12-8-19(9-13-21)6-7-20-10-14-22(30)15-11-20/h2-5,8-15,24-25,28,34H,16-18H2,1H3,(H,31,36)/t24-,25+,28+/m1/s1. The fourth-order valence-electron chi connectivity index (χ4n) is 5.06. The number of nitrogens with zero attached hydrogens (tertiary/aromatic N) is 2. The second kappa shape index (κ2) is 10.3. The van der Waals surface area contributed by atoms with Gasteiger partial charge in [0.1, 0.15) is 18.1 Å². The lowest BCUT2D eigenvalue weighted by Crippen LogP contribution is -2.73. The fourth-order valence-corrected chi connectivity index (χ4v) is 5.06. The zero-order chi connectivity index (χ0) is 25.9. The number of rotatable bonds is 4. The molecule has 2 saturated heterocycles. The first-order chi connectivity index (χ1) is 18.0. The Balaban J connectivity index is 1.31. The third-order valence-electron chi connectivity index (χ3n) is 6.88. The molecule has 188 valence electrons. The number of ether oxygens (including phenoxy) is 1. The average Bonchev–Trinajstić information content (AvgIpc) is 2.90. The highest BCUT2D eigenvalue weighted by atomic mass is 19.1. The number of methoxy groups -OCH3 is 1. The van der Waals surface area contributed by atoms with Crippen molar-refractivity contribution in [2.24, 2.45) is 0 Å². The number of hydrogen-bond acceptors (Lipinski definition) is 4. The second-order valence-electron chi connectivity index (χ2n) is 9.03. The van der Waals surface area contributed by atoms with Gasteiger partial charge in [-0.15, -0.1) is 0 Å². The van der Waals surface area contributed by atoms with Crippen LogP contribution in [-0.2, 0) is 4.79 Å². The molecule has 0 radical (unpaired) electrons. The van der Waals surface area contributed by atoms with Crippen LogP contribution in [0.5, 0.6) is 5.75 Å². The summed E-state index contributed by atoms with van der Waals surface area (Å²) in [5, 5.41) is 12.9. The van der Waals surface area contributed by atoms with Crippen molar-refractivity contribution in [3.05, 3.63) is 95.3 Å². The first-order valence-electron chi connectivity index (χ1n) is 12.0. The summed E-state index contributed by atoms with van der Waals surface area (Å²) in [6.45, 7) is 0.130. The number of halogens is 1. The maximum absolute atomic E-state index is 13.1. The van der Waals surface area contributed by atoms with Gasteiger partial charge in [0, 0.05) is 23.6 Å². The zero-order valence-electron chi connectivity index (χ0n) is 20.2. The summed E-state index contributed by atoms with van der Waals surface area (Å²) in [6.07, 6.45) is 0. The number of carbonyl (C=O) groups excluding carboxylic acids is 2. The number of carbonyl (C=O) groups is 2. The average molecular weight is 500 g/mol. The molecule has 5 rings (SSSR count). The molecule has 2 aliphatic heterocycles. The van der Waals surface area contributed by atoms with E-state index in [-0.39, 0.29) is 48.9 Å². The largest absolute Gasteiger partial charge is 0.495 e. The van der Waals surface area contributed by atoms with Gasteiger partial charge >= 0.3 is 6.03 Å². The van der Waals surface area contributed by atoms with Crippen LogP contribution < -0.4 is 10.1 Å². The lowest BCUT2D eigenvalue weighted by Gasteiger charge is -2.58. The van der Waals surface area contributed by atoms with Gasteiger partial charge in [-0.05, 0) is 54.1 Å². The first-order valence-corrected chi connectivity index (χ1v) is 12.0. The highest BCUT2D eigenvalue weighted by Gasteiger charge is 2.54. The second-order valence-corrected chi connectivity index (χ2v) is 9.03. The number of anilines is 1. The Hall–Kier alpha value is -4.35. The Morgan fingerprint density at radius 1 is 1.05 bits per heavy atom. The number of nitrogens with one attached hydrogen (secondary N) is 1. The minimum Gasteiger partial charge on any atom is -0.495 e. The Morgan fingerprint density at radius 2 is 1.70 bits per heavy atom. The van der Waals surface area contributed by atoms with E-state index in [0.29, 0.717) is 23.5 Å². The van der Waals surface area contributed by atoms with Crippen LogP contribution >= 0.6 is 0 Å². The molecule has 0 aromatic heterocycles. The van der Waals surface area contributed by atoms with E-state index in [1.807, 2.05) is 30.3 Å². The minimum atomic E-state index is -0.380. The van der Waals surface area contributed by atoms with Crippen molar-refractivity contribution in [3.8, 4) is 17.6 Å². The molecule has 0 aliphatic carbocycles. The van der Waals surface area contributed by atoms with Gasteiger partial charge in [0.2, 0.25) is 5.91 Å². The summed E-state index contributed by atoms with van der Waals surface area (Å²) < 4.78 is 18.4. The van der Waals surface area contributed by atoms with Crippen LogP contribution in [0.4, 0.5) is 14.9 Å². The van der Waals surface area contributed by atoms with Gasteiger partial charge < -0.3 is 25.0 Å². The molecule has 0 unspecified atom stereocenters. The van der Waals surface area contributed by atoms with Gasteiger partial charge in [0.15, 0.2) is 0 Å². The molecule has 2 heterocycles. The number of hydrogen-bond donors (Lipinski definition) is 2. The maximum atomic E-state index is 13.1. The minimum absolute atomic E-state index is 0.0569. The molecule has 0 saturated carbocycles. The third kappa shape index (κ3) is 4.86. The number of para-hydroxylation sites is 2. The Morgan fingerprint density at radius 3 is 2.35 bits per heavy atom. The van der Waals surface area contributed by atoms with Crippen molar-refractivity contribution in [2.75, 3.05) is 32.1 Å². The van der Waals surface area contributed by atoms with E-state index >= 15 is 0 Å². The molecule has 3 amide bonds. The molecule has 8 heteroatoms. The third-order valence-corrected chi connectivity index (χ3v) is 6.88. The van der Waals surface area contributed by atoms with Gasteiger partial charge in [-0.1, -0.05) is 36.1 Å². The first kappa shape index (κ1) is 24.3. The summed E-state index contributed by atoms with van der Waals surface area (Å²) in [5.41, 5.74) is 3.00. The van der Waals surface area contributed by atoms with Crippen molar-refractivity contribution in [1.82, 2.24) is 9.80 Å². The van der Waals surface area contributed by atoms with E-state index in [1.54, 1.807) is 35.2 Å². The molecule has 0 bridgehead atoms. The highest BCUT2D eigenvalue weighted by molar-refractivity contribution is 5.94. The Bertz CT molecular complexity index is 1360. The summed E-state index contributed by atoms with van der Waals surface area (Å²) in [7, 11) is 1.53. The molecule has 2 N–H and O–H groups in total. The predicted molar refractivity (Wildman–Crippen MR) is 137 cm³/mol. The summed E-state index contributed by atoms with van der Waals surface area (Å²) in [6, 6.07) is 19.8. The van der Waals surface area contributed by atoms with Crippen LogP contribution in [0.25, 0.3) is 0 Å². The Labute approximate surface area is 214 Å². The van der Waals surface area contributed by atoms with E-state index in [0.717, 1.165) is 11.1 Å². The molecular weight excluding hydrogens is 473 g/mol. The van der Waals surface area contributed by atoms with Crippen LogP contribution in [0.15, 0.2) is 72.8 Å². The van der Waals surface area contributed by atoms with Crippen molar-refractivity contribution < 1.29 is 23.8 Å². The van der Waals surface area contributed by atoms with Gasteiger partial charge in [0.05, 0.1) is 31.5 Å². The van der Waals surface area contributed by atoms with E-state index in [4.69, 9.17) is 4.74 Å². The Kier molecular flexibility index (Phi) is 6.80. The normalized spacial score (nSPS) is 20.3. The molecule has 37 heavy (non-hydrogen) atoms. The molecule has 3 aromatic rings. The highest BCUT2D eigenvalue weighted by Crippen LogP contribution is 2.43. The molecule has 0 spiro atoms. The van der Waals surface area contributed by atoms with E-state index in [1.165, 1.54) is 24.1 Å². The molecule has 3 aromatic carbocycles. The quantitative estimate of drug-likeness (QED) is 0.539. The molecule has 7 nitrogen and oxygen atoms in total. The molecule has 2 aliphatic rings. The van der Waals surface area contributed by atoms with Crippen LogP contribution in [0.1, 0.15) is 22.6 Å². The van der Waals surface area contributed by atoms with E-state index in [2.05, 4.69) is 17.2 Å². The maximum Gasteiger partial charge on any atom is 0.322 e. The number of aliphatic hydroxyl groups excluding tert-OH is 1. The van der Waals surface area contributed by atoms with Crippen molar-refractivity contribution in [3.63, 3.8) is 0 Å². The lowest BCUT2D eigenvalue weighted by molar-refractivity contribution is -0.159. The topological polar surface area (TPSA) is 82.1 Å². The molecular formula is C29H26FN3O4. The zero-order valence-corrected chi connectivity index (χ0v) is 20.2. The number of piperazine rings is 1. The van der Waals surface area contributed by atoms with Crippen molar-refractivity contribution in [1.29, 1.82) is 0 Å². The number of aliphatic hydroxyl groups is 1. The SMILES string of the molecule is COc1ccccc1NC(=O)N1CC(=O)N2[C@H](C1)[C@H](c1ccc(C#Cc3ccc(F)cc3)cc1)[C@@H]2CO. The van der Waals surface area contributed by atoms with Gasteiger partial charge in [0.25, 0.3) is 0 Å². The van der Waals surface area contributed by atoms with Crippen LogP contribution in [0.3, 0.4) is 0 Å². The fraction of sp³-hybridized carbons (Fsp3) is 0.241. The molecule has 3 atom stereocenters. The van der Waals surface area contributed by atoms with Crippen LogP contribution in [-0.4, -0.2) is 65.7 Å². The van der Waals surface area contributed by atoms with Crippen molar-refractivity contribution >= 4 is 17.6 Å². The van der Waals surface area contributed by atoms with E-state index in [9.17, 15) is 19.1 Å². The number of urea groups is 1. The summed E-state index contributed by atoms with van der Waals surface area (Å²) >= 11 is 0. The summed E-state index contributed by atoms with van der Waals surface area (Å²) in [4.78, 5) is 29.1. The van der Waals surface area contributed by atoms with Gasteiger partial charge in [-0.3, -0.25) is 4.79 Å². The number of amides is 3. The monoisotopic (exact) mass is 499 g/mol. The number of benzene rings is 3. The smallest absolute Gasteiger partial charge is 0.322 e. The van der Waals surface area contributed by atoms with E-state index < -0.39 is 0 Å². The number of fused-ring (bicyclic) bond motifs is 1.